The zero-order valence-electron chi connectivity index (χ0n) is 14.1. The van der Waals surface area contributed by atoms with Gasteiger partial charge in [-0.2, -0.15) is 0 Å². The third kappa shape index (κ3) is 5.35. The van der Waals surface area contributed by atoms with Crippen LogP contribution >= 0.6 is 11.3 Å². The number of thiophene rings is 1. The van der Waals surface area contributed by atoms with Gasteiger partial charge in [-0.3, -0.25) is 9.59 Å². The van der Waals surface area contributed by atoms with Gasteiger partial charge in [0.2, 0.25) is 0 Å². The van der Waals surface area contributed by atoms with Crippen molar-refractivity contribution in [3.63, 3.8) is 0 Å². The number of hydrogen-bond donors (Lipinski definition) is 2. The van der Waals surface area contributed by atoms with Crippen LogP contribution in [0.25, 0.3) is 6.08 Å². The fraction of sp³-hybridized carbons (Fsp3) is 0.263. The number of carbonyl (C=O) groups is 2. The van der Waals surface area contributed by atoms with Gasteiger partial charge < -0.3 is 10.6 Å². The summed E-state index contributed by atoms with van der Waals surface area (Å²) in [6.45, 7) is 6.56. The van der Waals surface area contributed by atoms with Crippen molar-refractivity contribution in [3.8, 4) is 0 Å². The Morgan fingerprint density at radius 3 is 2.46 bits per heavy atom. The van der Waals surface area contributed by atoms with E-state index in [1.54, 1.807) is 18.2 Å². The Hall–Kier alpha value is -2.40. The molecule has 0 bridgehead atoms. The standard InChI is InChI=1S/C19H22N2O2S/c1-13(2)12-20-19(23)17(11-16-5-4-10-24-16)21-18(22)15-8-6-14(3)7-9-15/h4-11,13H,12H2,1-3H3,(H,20,23)(H,21,22)/b17-11-. The zero-order valence-corrected chi connectivity index (χ0v) is 14.9. The first-order chi connectivity index (χ1) is 11.5. The molecule has 2 rings (SSSR count). The van der Waals surface area contributed by atoms with Crippen LogP contribution in [0.15, 0.2) is 47.5 Å². The van der Waals surface area contributed by atoms with Gasteiger partial charge in [0.05, 0.1) is 0 Å². The predicted octanol–water partition coefficient (Wildman–Crippen LogP) is 3.60. The molecule has 0 unspecified atom stereocenters. The number of carbonyl (C=O) groups excluding carboxylic acids is 2. The first-order valence-corrected chi connectivity index (χ1v) is 8.75. The summed E-state index contributed by atoms with van der Waals surface area (Å²) in [6.07, 6.45) is 1.70. The summed E-state index contributed by atoms with van der Waals surface area (Å²) in [5.74, 6) is -0.236. The molecule has 0 aliphatic rings. The first kappa shape index (κ1) is 17.9. The molecule has 2 amide bonds. The van der Waals surface area contributed by atoms with Crippen molar-refractivity contribution in [2.45, 2.75) is 20.8 Å². The smallest absolute Gasteiger partial charge is 0.267 e. The SMILES string of the molecule is Cc1ccc(C(=O)N/C(=C\c2cccs2)C(=O)NCC(C)C)cc1. The number of aryl methyl sites for hydroxylation is 1. The second-order valence-corrected chi connectivity index (χ2v) is 6.98. The molecular formula is C19H22N2O2S. The predicted molar refractivity (Wildman–Crippen MR) is 98.8 cm³/mol. The van der Waals surface area contributed by atoms with Gasteiger partial charge in [0.1, 0.15) is 5.70 Å². The van der Waals surface area contributed by atoms with Crippen molar-refractivity contribution < 1.29 is 9.59 Å². The van der Waals surface area contributed by atoms with Crippen molar-refractivity contribution in [1.82, 2.24) is 10.6 Å². The third-order valence-electron chi connectivity index (χ3n) is 3.31. The molecule has 126 valence electrons. The maximum Gasteiger partial charge on any atom is 0.267 e. The van der Waals surface area contributed by atoms with E-state index in [0.717, 1.165) is 10.4 Å². The lowest BCUT2D eigenvalue weighted by Gasteiger charge is -2.12. The van der Waals surface area contributed by atoms with Crippen LogP contribution in [0.3, 0.4) is 0 Å². The number of nitrogens with one attached hydrogen (secondary N) is 2. The molecule has 0 atom stereocenters. The van der Waals surface area contributed by atoms with Gasteiger partial charge in [0, 0.05) is 17.0 Å². The fourth-order valence-corrected chi connectivity index (χ4v) is 2.62. The molecule has 0 aliphatic carbocycles. The minimum absolute atomic E-state index is 0.253. The van der Waals surface area contributed by atoms with E-state index in [-0.39, 0.29) is 17.5 Å². The van der Waals surface area contributed by atoms with Gasteiger partial charge in [-0.15, -0.1) is 11.3 Å². The molecule has 2 aromatic rings. The Labute approximate surface area is 146 Å². The highest BCUT2D eigenvalue weighted by molar-refractivity contribution is 7.10. The van der Waals surface area contributed by atoms with E-state index in [9.17, 15) is 9.59 Å². The van der Waals surface area contributed by atoms with E-state index in [2.05, 4.69) is 10.6 Å². The van der Waals surface area contributed by atoms with Crippen LogP contribution in [-0.2, 0) is 4.79 Å². The maximum absolute atomic E-state index is 12.4. The second kappa shape index (κ2) is 8.45. The minimum atomic E-state index is -0.294. The highest BCUT2D eigenvalue weighted by Gasteiger charge is 2.15. The Kier molecular flexibility index (Phi) is 6.32. The summed E-state index contributed by atoms with van der Waals surface area (Å²) >= 11 is 1.51. The van der Waals surface area contributed by atoms with Crippen LogP contribution in [-0.4, -0.2) is 18.4 Å². The summed E-state index contributed by atoms with van der Waals surface area (Å²) in [6, 6.07) is 11.0. The average Bonchev–Trinajstić information content (AvgIpc) is 3.05. The summed E-state index contributed by atoms with van der Waals surface area (Å²) < 4.78 is 0. The highest BCUT2D eigenvalue weighted by atomic mass is 32.1. The normalized spacial score (nSPS) is 11.4. The van der Waals surface area contributed by atoms with Crippen molar-refractivity contribution >= 4 is 29.2 Å². The van der Waals surface area contributed by atoms with Crippen LogP contribution in [0, 0.1) is 12.8 Å². The quantitative estimate of drug-likeness (QED) is 0.788. The summed E-state index contributed by atoms with van der Waals surface area (Å²) in [5.41, 5.74) is 1.86. The maximum atomic E-state index is 12.4. The van der Waals surface area contributed by atoms with E-state index < -0.39 is 0 Å². The lowest BCUT2D eigenvalue weighted by Crippen LogP contribution is -2.36. The summed E-state index contributed by atoms with van der Waals surface area (Å²) in [7, 11) is 0. The van der Waals surface area contributed by atoms with Crippen LogP contribution < -0.4 is 10.6 Å². The Bertz CT molecular complexity index is 716. The minimum Gasteiger partial charge on any atom is -0.351 e. The van der Waals surface area contributed by atoms with E-state index in [4.69, 9.17) is 0 Å². The van der Waals surface area contributed by atoms with Crippen LogP contribution in [0.2, 0.25) is 0 Å². The molecule has 4 nitrogen and oxygen atoms in total. The van der Waals surface area contributed by atoms with E-state index in [1.807, 2.05) is 50.4 Å². The van der Waals surface area contributed by atoms with E-state index >= 15 is 0 Å². The van der Waals surface area contributed by atoms with Gasteiger partial charge in [-0.1, -0.05) is 37.6 Å². The van der Waals surface area contributed by atoms with Crippen molar-refractivity contribution in [2.24, 2.45) is 5.92 Å². The number of rotatable bonds is 6. The van der Waals surface area contributed by atoms with Gasteiger partial charge >= 0.3 is 0 Å². The van der Waals surface area contributed by atoms with Gasteiger partial charge in [-0.25, -0.2) is 0 Å². The van der Waals surface area contributed by atoms with Gasteiger partial charge in [0.25, 0.3) is 11.8 Å². The molecule has 2 N–H and O–H groups in total. The molecule has 1 aromatic carbocycles. The molecule has 0 saturated heterocycles. The second-order valence-electron chi connectivity index (χ2n) is 6.00. The van der Waals surface area contributed by atoms with Crippen LogP contribution in [0.5, 0.6) is 0 Å². The molecule has 0 saturated carbocycles. The Morgan fingerprint density at radius 2 is 1.88 bits per heavy atom. The molecule has 1 aromatic heterocycles. The fourth-order valence-electron chi connectivity index (χ4n) is 1.97. The largest absolute Gasteiger partial charge is 0.351 e. The summed E-state index contributed by atoms with van der Waals surface area (Å²) in [4.78, 5) is 25.7. The van der Waals surface area contributed by atoms with Crippen LogP contribution in [0.4, 0.5) is 0 Å². The van der Waals surface area contributed by atoms with Crippen molar-refractivity contribution in [2.75, 3.05) is 6.54 Å². The number of amides is 2. The average molecular weight is 342 g/mol. The third-order valence-corrected chi connectivity index (χ3v) is 4.13. The van der Waals surface area contributed by atoms with Gasteiger partial charge in [-0.05, 0) is 42.5 Å². The van der Waals surface area contributed by atoms with E-state index in [0.29, 0.717) is 18.0 Å². The monoisotopic (exact) mass is 342 g/mol. The zero-order chi connectivity index (χ0) is 17.5. The number of benzene rings is 1. The van der Waals surface area contributed by atoms with Gasteiger partial charge in [0.15, 0.2) is 0 Å². The lowest BCUT2D eigenvalue weighted by molar-refractivity contribution is -0.117. The van der Waals surface area contributed by atoms with E-state index in [1.165, 1.54) is 11.3 Å². The lowest BCUT2D eigenvalue weighted by atomic mass is 10.1. The molecule has 0 spiro atoms. The topological polar surface area (TPSA) is 58.2 Å². The molecular weight excluding hydrogens is 320 g/mol. The first-order valence-electron chi connectivity index (χ1n) is 7.87. The van der Waals surface area contributed by atoms with Crippen LogP contribution in [0.1, 0.15) is 34.6 Å². The molecule has 24 heavy (non-hydrogen) atoms. The van der Waals surface area contributed by atoms with Crippen molar-refractivity contribution in [1.29, 1.82) is 0 Å². The molecule has 1 heterocycles. The molecule has 0 radical (unpaired) electrons. The molecule has 0 aliphatic heterocycles. The summed E-state index contributed by atoms with van der Waals surface area (Å²) in [5, 5.41) is 7.50. The number of hydrogen-bond acceptors (Lipinski definition) is 3. The Morgan fingerprint density at radius 1 is 1.17 bits per heavy atom. The van der Waals surface area contributed by atoms with Crippen molar-refractivity contribution in [3.05, 3.63) is 63.5 Å². The Balaban J connectivity index is 2.17. The molecule has 0 fully saturated rings. The highest BCUT2D eigenvalue weighted by Crippen LogP contribution is 2.13. The molecule has 5 heteroatoms.